The molecule has 104 valence electrons. The molecule has 20 heavy (non-hydrogen) atoms. The summed E-state index contributed by atoms with van der Waals surface area (Å²) in [5.41, 5.74) is 1.15. The van der Waals surface area contributed by atoms with Crippen molar-refractivity contribution < 1.29 is 4.74 Å². The Labute approximate surface area is 123 Å². The van der Waals surface area contributed by atoms with Gasteiger partial charge in [0.1, 0.15) is 29.2 Å². The van der Waals surface area contributed by atoms with Crippen LogP contribution in [-0.2, 0) is 0 Å². The first-order valence-corrected chi connectivity index (χ1v) is 7.04. The molecule has 0 fully saturated rings. The van der Waals surface area contributed by atoms with E-state index >= 15 is 0 Å². The van der Waals surface area contributed by atoms with Crippen LogP contribution in [-0.4, -0.2) is 16.6 Å². The first-order chi connectivity index (χ1) is 9.63. The van der Waals surface area contributed by atoms with Crippen LogP contribution in [0.25, 0.3) is 0 Å². The smallest absolute Gasteiger partial charge is 0.135 e. The van der Waals surface area contributed by atoms with E-state index in [1.54, 1.807) is 6.07 Å². The number of halogens is 1. The third-order valence-electron chi connectivity index (χ3n) is 3.25. The predicted molar refractivity (Wildman–Crippen MR) is 79.4 cm³/mol. The van der Waals surface area contributed by atoms with Gasteiger partial charge in [0.2, 0.25) is 0 Å². The Morgan fingerprint density at radius 2 is 2.10 bits per heavy atom. The third-order valence-corrected chi connectivity index (χ3v) is 3.44. The van der Waals surface area contributed by atoms with Gasteiger partial charge in [-0.1, -0.05) is 43.6 Å². The van der Waals surface area contributed by atoms with Crippen LogP contribution in [0.4, 0.5) is 5.82 Å². The van der Waals surface area contributed by atoms with Crippen molar-refractivity contribution in [3.8, 4) is 5.75 Å². The monoisotopic (exact) mass is 289 g/mol. The lowest BCUT2D eigenvalue weighted by atomic mass is 10.1. The molecular weight excluding hydrogens is 274 g/mol. The van der Waals surface area contributed by atoms with E-state index in [9.17, 15) is 0 Å². The van der Waals surface area contributed by atoms with Crippen molar-refractivity contribution in [2.75, 3.05) is 11.9 Å². The molecule has 0 saturated heterocycles. The molecule has 2 heterocycles. The summed E-state index contributed by atoms with van der Waals surface area (Å²) < 4.78 is 5.65. The van der Waals surface area contributed by atoms with Gasteiger partial charge in [-0.3, -0.25) is 0 Å². The molecule has 2 aromatic rings. The van der Waals surface area contributed by atoms with Gasteiger partial charge < -0.3 is 10.1 Å². The average molecular weight is 290 g/mol. The zero-order valence-corrected chi connectivity index (χ0v) is 12.2. The minimum atomic E-state index is 0.0946. The number of rotatable bonds is 3. The van der Waals surface area contributed by atoms with Crippen molar-refractivity contribution in [2.45, 2.75) is 25.8 Å². The Kier molecular flexibility index (Phi) is 3.49. The Hall–Kier alpha value is -1.81. The first kappa shape index (κ1) is 13.2. The number of nitrogens with one attached hydrogen (secondary N) is 1. The van der Waals surface area contributed by atoms with E-state index in [0.717, 1.165) is 23.0 Å². The summed E-state index contributed by atoms with van der Waals surface area (Å²) in [7, 11) is 0. The lowest BCUT2D eigenvalue weighted by molar-refractivity contribution is 0.339. The van der Waals surface area contributed by atoms with E-state index in [2.05, 4.69) is 21.4 Å². The van der Waals surface area contributed by atoms with Crippen LogP contribution in [0.1, 0.15) is 37.2 Å². The second kappa shape index (κ2) is 5.29. The van der Waals surface area contributed by atoms with E-state index in [1.807, 2.05) is 32.0 Å². The number of benzene rings is 1. The van der Waals surface area contributed by atoms with Crippen LogP contribution in [0.3, 0.4) is 0 Å². The van der Waals surface area contributed by atoms with Crippen LogP contribution >= 0.6 is 11.6 Å². The molecule has 0 saturated carbocycles. The van der Waals surface area contributed by atoms with Gasteiger partial charge in [-0.15, -0.1) is 0 Å². The number of ether oxygens (including phenoxy) is 1. The zero-order valence-electron chi connectivity index (χ0n) is 11.4. The summed E-state index contributed by atoms with van der Waals surface area (Å²) in [5.74, 6) is 2.64. The van der Waals surface area contributed by atoms with Crippen molar-refractivity contribution in [3.05, 3.63) is 46.9 Å². The Morgan fingerprint density at radius 1 is 1.30 bits per heavy atom. The van der Waals surface area contributed by atoms with E-state index in [-0.39, 0.29) is 12.0 Å². The van der Waals surface area contributed by atoms with Gasteiger partial charge in [0.25, 0.3) is 0 Å². The summed E-state index contributed by atoms with van der Waals surface area (Å²) >= 11 is 6.06. The molecule has 0 amide bonds. The van der Waals surface area contributed by atoms with Gasteiger partial charge in [-0.25, -0.2) is 9.97 Å². The highest BCUT2D eigenvalue weighted by molar-refractivity contribution is 6.29. The molecule has 1 aromatic heterocycles. The fraction of sp³-hybridized carbons (Fsp3) is 0.333. The Morgan fingerprint density at radius 3 is 2.90 bits per heavy atom. The van der Waals surface area contributed by atoms with E-state index in [0.29, 0.717) is 11.8 Å². The van der Waals surface area contributed by atoms with Crippen LogP contribution in [0.5, 0.6) is 5.75 Å². The summed E-state index contributed by atoms with van der Waals surface area (Å²) in [4.78, 5) is 8.74. The molecule has 1 aromatic carbocycles. The van der Waals surface area contributed by atoms with Crippen LogP contribution < -0.4 is 10.1 Å². The number of hydrogen-bond donors (Lipinski definition) is 1. The van der Waals surface area contributed by atoms with Crippen LogP contribution in [0.2, 0.25) is 5.15 Å². The summed E-state index contributed by atoms with van der Waals surface area (Å²) in [6, 6.07) is 9.86. The molecule has 1 unspecified atom stereocenters. The molecule has 0 aliphatic carbocycles. The van der Waals surface area contributed by atoms with Gasteiger partial charge in [0.15, 0.2) is 0 Å². The predicted octanol–water partition coefficient (Wildman–Crippen LogP) is 3.80. The topological polar surface area (TPSA) is 47.0 Å². The van der Waals surface area contributed by atoms with Gasteiger partial charge in [-0.05, 0) is 6.07 Å². The number of fused-ring (bicyclic) bond motifs is 1. The highest BCUT2D eigenvalue weighted by Gasteiger charge is 2.24. The molecule has 1 aliphatic heterocycles. The molecule has 3 rings (SSSR count). The molecule has 0 spiro atoms. The minimum Gasteiger partial charge on any atom is -0.491 e. The number of anilines is 1. The standard InChI is InChI=1S/C15H16ClN3O/c1-9(2)15-18-13(16)7-14(19-15)17-11-8-20-12-6-4-3-5-10(11)12/h3-7,9,11H,8H2,1-2H3,(H,17,18,19). The van der Waals surface area contributed by atoms with Crippen LogP contribution in [0.15, 0.2) is 30.3 Å². The maximum atomic E-state index is 6.06. The van der Waals surface area contributed by atoms with E-state index in [4.69, 9.17) is 16.3 Å². The molecule has 0 radical (unpaired) electrons. The summed E-state index contributed by atoms with van der Waals surface area (Å²) in [6.45, 7) is 4.69. The summed E-state index contributed by atoms with van der Waals surface area (Å²) in [5, 5.41) is 3.83. The number of nitrogens with zero attached hydrogens (tertiary/aromatic N) is 2. The number of aromatic nitrogens is 2. The second-order valence-electron chi connectivity index (χ2n) is 5.13. The van der Waals surface area contributed by atoms with Crippen molar-refractivity contribution >= 4 is 17.4 Å². The molecule has 1 N–H and O–H groups in total. The lowest BCUT2D eigenvalue weighted by Gasteiger charge is -2.14. The summed E-state index contributed by atoms with van der Waals surface area (Å²) in [6.07, 6.45) is 0. The lowest BCUT2D eigenvalue weighted by Crippen LogP contribution is -2.14. The van der Waals surface area contributed by atoms with Crippen molar-refractivity contribution in [3.63, 3.8) is 0 Å². The maximum absolute atomic E-state index is 6.06. The van der Waals surface area contributed by atoms with Gasteiger partial charge in [-0.2, -0.15) is 0 Å². The Balaban J connectivity index is 1.86. The highest BCUT2D eigenvalue weighted by Crippen LogP contribution is 2.34. The Bertz CT molecular complexity index is 630. The fourth-order valence-electron chi connectivity index (χ4n) is 2.23. The van der Waals surface area contributed by atoms with E-state index in [1.165, 1.54) is 0 Å². The highest BCUT2D eigenvalue weighted by atomic mass is 35.5. The third kappa shape index (κ3) is 2.56. The molecule has 1 aliphatic rings. The largest absolute Gasteiger partial charge is 0.491 e. The number of hydrogen-bond acceptors (Lipinski definition) is 4. The molecular formula is C15H16ClN3O. The van der Waals surface area contributed by atoms with Crippen LogP contribution in [0, 0.1) is 0 Å². The SMILES string of the molecule is CC(C)c1nc(Cl)cc(NC2COc3ccccc32)n1. The quantitative estimate of drug-likeness (QED) is 0.873. The second-order valence-corrected chi connectivity index (χ2v) is 5.52. The first-order valence-electron chi connectivity index (χ1n) is 6.66. The molecule has 1 atom stereocenters. The van der Waals surface area contributed by atoms with Crippen molar-refractivity contribution in [1.82, 2.24) is 9.97 Å². The van der Waals surface area contributed by atoms with E-state index < -0.39 is 0 Å². The fourth-order valence-corrected chi connectivity index (χ4v) is 2.42. The molecule has 5 heteroatoms. The molecule has 4 nitrogen and oxygen atoms in total. The van der Waals surface area contributed by atoms with Gasteiger partial charge in [0, 0.05) is 17.5 Å². The number of para-hydroxylation sites is 1. The van der Waals surface area contributed by atoms with Gasteiger partial charge >= 0.3 is 0 Å². The molecule has 0 bridgehead atoms. The zero-order chi connectivity index (χ0) is 14.1. The van der Waals surface area contributed by atoms with Gasteiger partial charge in [0.05, 0.1) is 6.04 Å². The van der Waals surface area contributed by atoms with Crippen molar-refractivity contribution in [2.24, 2.45) is 0 Å². The minimum absolute atomic E-state index is 0.0946. The normalized spacial score (nSPS) is 16.9. The average Bonchev–Trinajstić information content (AvgIpc) is 2.82. The maximum Gasteiger partial charge on any atom is 0.135 e. The van der Waals surface area contributed by atoms with Crippen molar-refractivity contribution in [1.29, 1.82) is 0 Å².